The highest BCUT2D eigenvalue weighted by Gasteiger charge is 2.46. The maximum absolute atomic E-state index is 13.4. The monoisotopic (exact) mass is 655 g/mol. The number of nitrogens with zero attached hydrogens (tertiary/aromatic N) is 4. The van der Waals surface area contributed by atoms with E-state index in [-0.39, 0.29) is 30.0 Å². The van der Waals surface area contributed by atoms with E-state index in [4.69, 9.17) is 4.74 Å². The van der Waals surface area contributed by atoms with Gasteiger partial charge >= 0.3 is 12.2 Å². The third kappa shape index (κ3) is 6.90. The number of fused-ring (bicyclic) bond motifs is 3. The average molecular weight is 656 g/mol. The molecule has 252 valence electrons. The first-order valence-corrected chi connectivity index (χ1v) is 16.2. The van der Waals surface area contributed by atoms with E-state index in [0.29, 0.717) is 31.7 Å². The predicted octanol–water partition coefficient (Wildman–Crippen LogP) is 6.03. The number of hydrogen-bond acceptors (Lipinski definition) is 7. The highest BCUT2D eigenvalue weighted by atomic mass is 19.1. The van der Waals surface area contributed by atoms with E-state index in [1.807, 2.05) is 58.0 Å². The van der Waals surface area contributed by atoms with Crippen LogP contribution in [0.4, 0.5) is 14.0 Å². The van der Waals surface area contributed by atoms with Crippen molar-refractivity contribution in [1.29, 1.82) is 0 Å². The summed E-state index contributed by atoms with van der Waals surface area (Å²) in [5.74, 6) is -0.0201. The number of amides is 2. The van der Waals surface area contributed by atoms with E-state index in [2.05, 4.69) is 50.5 Å². The molecule has 4 N–H and O–H groups in total. The molecule has 0 saturated carbocycles. The van der Waals surface area contributed by atoms with E-state index in [0.717, 1.165) is 34.0 Å². The van der Waals surface area contributed by atoms with Crippen LogP contribution in [0.1, 0.15) is 69.2 Å². The van der Waals surface area contributed by atoms with Crippen molar-refractivity contribution in [3.63, 3.8) is 0 Å². The van der Waals surface area contributed by atoms with Gasteiger partial charge in [0, 0.05) is 37.3 Å². The topological polar surface area (TPSA) is 134 Å². The normalized spacial score (nSPS) is 19.8. The van der Waals surface area contributed by atoms with Crippen LogP contribution in [0.15, 0.2) is 79.3 Å². The molecule has 48 heavy (non-hydrogen) atoms. The molecular weight excluding hydrogens is 613 g/mol. The van der Waals surface area contributed by atoms with E-state index in [9.17, 15) is 19.1 Å². The lowest BCUT2D eigenvalue weighted by Crippen LogP contribution is -2.67. The Morgan fingerprint density at radius 1 is 1.06 bits per heavy atom. The molecule has 11 nitrogen and oxygen atoms in total. The highest BCUT2D eigenvalue weighted by Crippen LogP contribution is 2.44. The van der Waals surface area contributed by atoms with Crippen LogP contribution in [0.3, 0.4) is 0 Å². The summed E-state index contributed by atoms with van der Waals surface area (Å²) < 4.78 is 20.6. The zero-order valence-electron chi connectivity index (χ0n) is 27.6. The van der Waals surface area contributed by atoms with Gasteiger partial charge in [-0.15, -0.1) is 0 Å². The molecule has 0 bridgehead atoms. The number of hydrazine groups is 1. The molecule has 2 aromatic heterocycles. The van der Waals surface area contributed by atoms with E-state index >= 15 is 0 Å². The van der Waals surface area contributed by atoms with Gasteiger partial charge in [0.05, 0.1) is 17.9 Å². The van der Waals surface area contributed by atoms with Crippen LogP contribution < -0.4 is 16.2 Å². The SMILES string of the molecule is CC(NCC1(NNC(=O)OCC2c3ccccc3-c3ccccc32)CCN(C(=O)O)C(C(C)(C)C)C1)c1ccc(-n2cc(F)cn2)nc1. The van der Waals surface area contributed by atoms with Crippen LogP contribution in [-0.2, 0) is 4.74 Å². The number of pyridine rings is 1. The van der Waals surface area contributed by atoms with Crippen LogP contribution in [0.2, 0.25) is 0 Å². The van der Waals surface area contributed by atoms with Gasteiger partial charge in [-0.3, -0.25) is 5.43 Å². The van der Waals surface area contributed by atoms with Crippen molar-refractivity contribution >= 4 is 12.2 Å². The molecule has 0 spiro atoms. The zero-order chi connectivity index (χ0) is 34.1. The van der Waals surface area contributed by atoms with Gasteiger partial charge < -0.3 is 20.1 Å². The van der Waals surface area contributed by atoms with Gasteiger partial charge in [0.25, 0.3) is 0 Å². The van der Waals surface area contributed by atoms with Crippen molar-refractivity contribution in [3.8, 4) is 16.9 Å². The second-order valence-electron chi connectivity index (χ2n) is 13.8. The van der Waals surface area contributed by atoms with Gasteiger partial charge in [-0.2, -0.15) is 5.10 Å². The summed E-state index contributed by atoms with van der Waals surface area (Å²) >= 11 is 0. The van der Waals surface area contributed by atoms with Crippen molar-refractivity contribution < 1.29 is 23.8 Å². The summed E-state index contributed by atoms with van der Waals surface area (Å²) in [5, 5.41) is 17.5. The Morgan fingerprint density at radius 2 is 1.75 bits per heavy atom. The van der Waals surface area contributed by atoms with Gasteiger partial charge in [-0.05, 0) is 59.1 Å². The predicted molar refractivity (Wildman–Crippen MR) is 179 cm³/mol. The minimum atomic E-state index is -0.961. The van der Waals surface area contributed by atoms with E-state index < -0.39 is 23.5 Å². The summed E-state index contributed by atoms with van der Waals surface area (Å²) in [6.07, 6.45) is 3.45. The Bertz CT molecular complexity index is 1730. The molecule has 1 aliphatic heterocycles. The second kappa shape index (κ2) is 13.4. The van der Waals surface area contributed by atoms with E-state index in [1.54, 1.807) is 12.3 Å². The molecule has 2 aliphatic rings. The largest absolute Gasteiger partial charge is 0.465 e. The zero-order valence-corrected chi connectivity index (χ0v) is 27.6. The number of carboxylic acid groups (broad SMARTS) is 1. The number of ether oxygens (including phenoxy) is 1. The maximum atomic E-state index is 13.4. The number of hydrogen-bond donors (Lipinski definition) is 4. The first-order chi connectivity index (χ1) is 22.9. The summed E-state index contributed by atoms with van der Waals surface area (Å²) in [7, 11) is 0. The van der Waals surface area contributed by atoms with Gasteiger partial charge in [-0.1, -0.05) is 75.4 Å². The number of piperidine rings is 1. The number of benzene rings is 2. The molecule has 1 aliphatic carbocycles. The van der Waals surface area contributed by atoms with E-state index in [1.165, 1.54) is 15.8 Å². The third-order valence-electron chi connectivity index (χ3n) is 9.61. The summed E-state index contributed by atoms with van der Waals surface area (Å²) in [4.78, 5) is 31.4. The summed E-state index contributed by atoms with van der Waals surface area (Å²) in [6, 6.07) is 19.6. The molecular formula is C36H42FN7O4. The molecule has 3 heterocycles. The highest BCUT2D eigenvalue weighted by molar-refractivity contribution is 5.79. The van der Waals surface area contributed by atoms with Crippen molar-refractivity contribution in [2.75, 3.05) is 19.7 Å². The number of rotatable bonds is 9. The average Bonchev–Trinajstić information content (AvgIpc) is 3.66. The molecule has 4 aromatic rings. The second-order valence-corrected chi connectivity index (χ2v) is 13.8. The Morgan fingerprint density at radius 3 is 2.33 bits per heavy atom. The summed E-state index contributed by atoms with van der Waals surface area (Å²) in [6.45, 7) is 8.97. The molecule has 1 saturated heterocycles. The van der Waals surface area contributed by atoms with Gasteiger partial charge in [0.2, 0.25) is 0 Å². The number of likely N-dealkylation sites (tertiary alicyclic amines) is 1. The summed E-state index contributed by atoms with van der Waals surface area (Å²) in [5.41, 5.74) is 10.5. The quantitative estimate of drug-likeness (QED) is 0.161. The molecule has 3 unspecified atom stereocenters. The third-order valence-corrected chi connectivity index (χ3v) is 9.61. The van der Waals surface area contributed by atoms with Crippen molar-refractivity contribution in [2.45, 2.75) is 64.1 Å². The molecule has 6 rings (SSSR count). The molecule has 12 heteroatoms. The standard InChI is InChI=1S/C36H42FN7O4/c1-23(24-13-14-32(38-18-24)44-20-25(37)19-40-44)39-22-36(15-16-43(34(46)47)31(17-36)35(2,3)4)42-41-33(45)48-21-30-28-11-7-5-9-26(28)27-10-6-8-12-29(27)30/h5-14,18-20,23,30-31,39,42H,15-17,21-22H2,1-4H3,(H,41,45)(H,46,47). The molecule has 0 radical (unpaired) electrons. The van der Waals surface area contributed by atoms with Crippen molar-refractivity contribution in [2.24, 2.45) is 5.41 Å². The molecule has 2 aromatic carbocycles. The molecule has 1 fully saturated rings. The number of carbonyl (C=O) groups is 2. The first kappa shape index (κ1) is 33.1. The van der Waals surface area contributed by atoms with Crippen LogP contribution in [0.5, 0.6) is 0 Å². The first-order valence-electron chi connectivity index (χ1n) is 16.2. The van der Waals surface area contributed by atoms with Gasteiger partial charge in [0.1, 0.15) is 6.61 Å². The Balaban J connectivity index is 1.15. The van der Waals surface area contributed by atoms with Gasteiger partial charge in [0.15, 0.2) is 11.6 Å². The fourth-order valence-electron chi connectivity index (χ4n) is 6.89. The number of nitrogens with one attached hydrogen (secondary N) is 3. The Labute approximate surface area is 279 Å². The fourth-order valence-corrected chi connectivity index (χ4v) is 6.89. The minimum absolute atomic E-state index is 0.0731. The number of aromatic nitrogens is 3. The molecule has 3 atom stereocenters. The van der Waals surface area contributed by atoms with Crippen molar-refractivity contribution in [1.82, 2.24) is 35.8 Å². The van der Waals surface area contributed by atoms with Crippen LogP contribution in [0, 0.1) is 11.2 Å². The minimum Gasteiger partial charge on any atom is -0.465 e. The smallest absolute Gasteiger partial charge is 0.421 e. The van der Waals surface area contributed by atoms with Crippen LogP contribution in [-0.4, -0.2) is 68.2 Å². The van der Waals surface area contributed by atoms with Crippen LogP contribution in [0.25, 0.3) is 16.9 Å². The fraction of sp³-hybridized carbons (Fsp3) is 0.389. The lowest BCUT2D eigenvalue weighted by Gasteiger charge is -2.50. The number of carbonyl (C=O) groups excluding carboxylic acids is 1. The number of halogens is 1. The Kier molecular flexibility index (Phi) is 9.22. The Hall–Kier alpha value is -4.81. The lowest BCUT2D eigenvalue weighted by atomic mass is 9.73. The maximum Gasteiger partial charge on any atom is 0.421 e. The van der Waals surface area contributed by atoms with Gasteiger partial charge in [-0.25, -0.2) is 29.1 Å². The van der Waals surface area contributed by atoms with Crippen LogP contribution >= 0.6 is 0 Å². The molecule has 2 amide bonds. The van der Waals surface area contributed by atoms with Crippen molar-refractivity contribution in [3.05, 3.63) is 102 Å². The lowest BCUT2D eigenvalue weighted by molar-refractivity contribution is 0.0157.